The second kappa shape index (κ2) is 6.42. The Morgan fingerprint density at radius 3 is 2.54 bits per heavy atom. The Labute approximate surface area is 157 Å². The summed E-state index contributed by atoms with van der Waals surface area (Å²) in [6.07, 6.45) is 1.69. The normalized spacial score (nSPS) is 16.1. The fraction of sp³-hybridized carbons (Fsp3) is 0.143. The summed E-state index contributed by atoms with van der Waals surface area (Å²) in [7, 11) is 0. The van der Waals surface area contributed by atoms with Crippen molar-refractivity contribution >= 4 is 46.0 Å². The zero-order valence-electron chi connectivity index (χ0n) is 14.5. The minimum atomic E-state index is -0.187. The van der Waals surface area contributed by atoms with E-state index in [1.54, 1.807) is 6.08 Å². The van der Waals surface area contributed by atoms with Gasteiger partial charge >= 0.3 is 0 Å². The molecule has 3 aromatic rings. The maximum atomic E-state index is 12.8. The molecule has 0 atom stereocenters. The van der Waals surface area contributed by atoms with Crippen molar-refractivity contribution in [2.75, 3.05) is 4.90 Å². The summed E-state index contributed by atoms with van der Waals surface area (Å²) in [6.45, 7) is 4.27. The van der Waals surface area contributed by atoms with Crippen molar-refractivity contribution in [2.24, 2.45) is 0 Å². The molecule has 4 nitrogen and oxygen atoms in total. The zero-order chi connectivity index (χ0) is 18.3. The monoisotopic (exact) mass is 362 g/mol. The third kappa shape index (κ3) is 2.91. The number of carbonyl (C=O) groups is 1. The predicted molar refractivity (Wildman–Crippen MR) is 108 cm³/mol. The Morgan fingerprint density at radius 1 is 1.12 bits per heavy atom. The molecule has 2 aromatic carbocycles. The van der Waals surface area contributed by atoms with Crippen molar-refractivity contribution < 1.29 is 9.21 Å². The highest BCUT2D eigenvalue weighted by Gasteiger charge is 2.32. The van der Waals surface area contributed by atoms with Gasteiger partial charge in [-0.3, -0.25) is 9.69 Å². The van der Waals surface area contributed by atoms with Crippen LogP contribution in [0.4, 0.5) is 5.69 Å². The molecule has 2 heterocycles. The van der Waals surface area contributed by atoms with Gasteiger partial charge in [-0.1, -0.05) is 44.2 Å². The van der Waals surface area contributed by atoms with Crippen LogP contribution in [0.25, 0.3) is 17.0 Å². The maximum Gasteiger partial charge on any atom is 0.281 e. The number of rotatable bonds is 3. The van der Waals surface area contributed by atoms with Crippen molar-refractivity contribution in [3.63, 3.8) is 0 Å². The Balaban J connectivity index is 1.64. The van der Waals surface area contributed by atoms with Crippen molar-refractivity contribution in [1.29, 1.82) is 0 Å². The van der Waals surface area contributed by atoms with Crippen LogP contribution >= 0.6 is 12.2 Å². The van der Waals surface area contributed by atoms with Crippen LogP contribution in [0.15, 0.2) is 64.7 Å². The molecule has 0 radical (unpaired) electrons. The van der Waals surface area contributed by atoms with Crippen LogP contribution < -0.4 is 10.2 Å². The van der Waals surface area contributed by atoms with E-state index in [1.165, 1.54) is 10.5 Å². The second-order valence-electron chi connectivity index (χ2n) is 6.56. The third-order valence-electron chi connectivity index (χ3n) is 4.43. The van der Waals surface area contributed by atoms with Crippen LogP contribution in [0.1, 0.15) is 31.1 Å². The molecule has 1 fully saturated rings. The first-order valence-electron chi connectivity index (χ1n) is 8.48. The van der Waals surface area contributed by atoms with Gasteiger partial charge in [-0.2, -0.15) is 0 Å². The van der Waals surface area contributed by atoms with Crippen molar-refractivity contribution in [3.8, 4) is 0 Å². The molecular formula is C21H18N2O2S. The van der Waals surface area contributed by atoms with Crippen molar-refractivity contribution in [2.45, 2.75) is 19.8 Å². The average molecular weight is 362 g/mol. The quantitative estimate of drug-likeness (QED) is 0.536. The van der Waals surface area contributed by atoms with E-state index in [-0.39, 0.29) is 5.91 Å². The molecule has 4 rings (SSSR count). The number of furan rings is 1. The molecule has 1 aliphatic rings. The average Bonchev–Trinajstić information content (AvgIpc) is 3.15. The number of anilines is 1. The third-order valence-corrected chi connectivity index (χ3v) is 4.71. The van der Waals surface area contributed by atoms with Crippen LogP contribution in [0.5, 0.6) is 0 Å². The van der Waals surface area contributed by atoms with Crippen LogP contribution in [-0.4, -0.2) is 11.0 Å². The molecule has 26 heavy (non-hydrogen) atoms. The molecule has 0 spiro atoms. The molecule has 5 heteroatoms. The van der Waals surface area contributed by atoms with Gasteiger partial charge in [0.2, 0.25) is 0 Å². The number of benzene rings is 2. The Morgan fingerprint density at radius 2 is 1.85 bits per heavy atom. The number of amides is 1. The van der Waals surface area contributed by atoms with Gasteiger partial charge in [-0.05, 0) is 48.0 Å². The number of thiocarbonyl (C=S) groups is 1. The molecule has 1 amide bonds. The van der Waals surface area contributed by atoms with E-state index < -0.39 is 0 Å². The number of hydrogen-bond donors (Lipinski definition) is 1. The molecule has 0 bridgehead atoms. The molecule has 0 unspecified atom stereocenters. The van der Waals surface area contributed by atoms with Gasteiger partial charge in [0.05, 0.1) is 5.69 Å². The number of hydrogen-bond acceptors (Lipinski definition) is 3. The van der Waals surface area contributed by atoms with E-state index >= 15 is 0 Å². The lowest BCUT2D eigenvalue weighted by Crippen LogP contribution is -2.30. The number of nitrogens with one attached hydrogen (secondary N) is 1. The highest BCUT2D eigenvalue weighted by Crippen LogP contribution is 2.26. The Bertz CT molecular complexity index is 999. The number of nitrogens with zero attached hydrogens (tertiary/aromatic N) is 1. The van der Waals surface area contributed by atoms with Crippen LogP contribution in [0, 0.1) is 0 Å². The second-order valence-corrected chi connectivity index (χ2v) is 6.95. The molecular weight excluding hydrogens is 344 g/mol. The molecule has 1 saturated heterocycles. The number of fused-ring (bicyclic) bond motifs is 1. The topological polar surface area (TPSA) is 45.5 Å². The minimum Gasteiger partial charge on any atom is -0.457 e. The first-order valence-corrected chi connectivity index (χ1v) is 8.89. The summed E-state index contributed by atoms with van der Waals surface area (Å²) < 4.78 is 5.77. The maximum absolute atomic E-state index is 12.8. The van der Waals surface area contributed by atoms with E-state index in [1.807, 2.05) is 54.6 Å². The van der Waals surface area contributed by atoms with Gasteiger partial charge in [0, 0.05) is 11.5 Å². The highest BCUT2D eigenvalue weighted by molar-refractivity contribution is 7.80. The van der Waals surface area contributed by atoms with E-state index in [4.69, 9.17) is 16.6 Å². The molecule has 130 valence electrons. The molecule has 1 aromatic heterocycles. The van der Waals surface area contributed by atoms with E-state index in [9.17, 15) is 4.79 Å². The largest absolute Gasteiger partial charge is 0.457 e. The van der Waals surface area contributed by atoms with Crippen LogP contribution in [-0.2, 0) is 4.79 Å². The summed E-state index contributed by atoms with van der Waals surface area (Å²) >= 11 is 5.36. The van der Waals surface area contributed by atoms with E-state index in [0.717, 1.165) is 16.7 Å². The predicted octanol–water partition coefficient (Wildman–Crippen LogP) is 4.82. The minimum absolute atomic E-state index is 0.187. The first kappa shape index (κ1) is 16.5. The molecule has 1 N–H and O–H groups in total. The zero-order valence-corrected chi connectivity index (χ0v) is 15.3. The summed E-state index contributed by atoms with van der Waals surface area (Å²) in [5.41, 5.74) is 3.16. The van der Waals surface area contributed by atoms with E-state index in [0.29, 0.717) is 22.5 Å². The van der Waals surface area contributed by atoms with Gasteiger partial charge in [-0.25, -0.2) is 0 Å². The van der Waals surface area contributed by atoms with Crippen LogP contribution in [0.3, 0.4) is 0 Å². The van der Waals surface area contributed by atoms with Gasteiger partial charge in [0.25, 0.3) is 5.91 Å². The fourth-order valence-corrected chi connectivity index (χ4v) is 3.29. The van der Waals surface area contributed by atoms with Gasteiger partial charge < -0.3 is 9.73 Å². The summed E-state index contributed by atoms with van der Waals surface area (Å²) in [4.78, 5) is 14.3. The lowest BCUT2D eigenvalue weighted by molar-refractivity contribution is -0.113. The lowest BCUT2D eigenvalue weighted by Gasteiger charge is -2.15. The van der Waals surface area contributed by atoms with Gasteiger partial charge in [-0.15, -0.1) is 0 Å². The molecule has 0 aliphatic carbocycles. The molecule has 1 aliphatic heterocycles. The first-order chi connectivity index (χ1) is 12.5. The molecule has 0 saturated carbocycles. The van der Waals surface area contributed by atoms with Gasteiger partial charge in [0.15, 0.2) is 5.11 Å². The number of carbonyl (C=O) groups excluding carboxylic acids is 1. The van der Waals surface area contributed by atoms with Crippen LogP contribution in [0.2, 0.25) is 0 Å². The standard InChI is InChI=1S/C21H18N2O2S/c1-13(2)14-7-9-16(10-8-14)23-20(24)18(22-21(23)26)12-17-11-15-5-3-4-6-19(15)25-17/h3-13H,1-2H3,(H,22,26)/b18-12+. The summed E-state index contributed by atoms with van der Waals surface area (Å²) in [5, 5.41) is 4.36. The van der Waals surface area contributed by atoms with Crippen molar-refractivity contribution in [3.05, 3.63) is 71.6 Å². The summed E-state index contributed by atoms with van der Waals surface area (Å²) in [6, 6.07) is 17.5. The fourth-order valence-electron chi connectivity index (χ4n) is 2.99. The lowest BCUT2D eigenvalue weighted by atomic mass is 10.0. The Hall–Kier alpha value is -2.92. The smallest absolute Gasteiger partial charge is 0.281 e. The Kier molecular flexibility index (Phi) is 4.09. The van der Waals surface area contributed by atoms with Crippen molar-refractivity contribution in [1.82, 2.24) is 5.32 Å². The number of para-hydroxylation sites is 1. The highest BCUT2D eigenvalue weighted by atomic mass is 32.1. The summed E-state index contributed by atoms with van der Waals surface area (Å²) in [5.74, 6) is 0.863. The van der Waals surface area contributed by atoms with Gasteiger partial charge in [0.1, 0.15) is 17.0 Å². The van der Waals surface area contributed by atoms with E-state index in [2.05, 4.69) is 19.2 Å². The SMILES string of the molecule is CC(C)c1ccc(N2C(=O)/C(=C\c3cc4ccccc4o3)NC2=S)cc1.